The summed E-state index contributed by atoms with van der Waals surface area (Å²) in [4.78, 5) is 0.925. The van der Waals surface area contributed by atoms with E-state index in [9.17, 15) is 0 Å². The molecule has 1 atom stereocenters. The number of nitrogens with zero attached hydrogens (tertiary/aromatic N) is 4. The monoisotopic (exact) mass is 273 g/mol. The number of aromatic nitrogens is 4. The van der Waals surface area contributed by atoms with E-state index < -0.39 is 0 Å². The Hall–Kier alpha value is -0.790. The Kier molecular flexibility index (Phi) is 2.62. The van der Waals surface area contributed by atoms with Crippen LogP contribution in [0.3, 0.4) is 0 Å². The van der Waals surface area contributed by atoms with Crippen LogP contribution in [0.1, 0.15) is 16.6 Å². The van der Waals surface area contributed by atoms with Crippen LogP contribution < -0.4 is 5.73 Å². The summed E-state index contributed by atoms with van der Waals surface area (Å²) in [5.74, 6) is 0. The van der Waals surface area contributed by atoms with Crippen LogP contribution >= 0.6 is 27.5 Å². The van der Waals surface area contributed by atoms with Gasteiger partial charge in [0, 0.05) is 7.05 Å². The van der Waals surface area contributed by atoms with Gasteiger partial charge in [-0.1, -0.05) is 4.49 Å². The Bertz CT molecular complexity index is 404. The van der Waals surface area contributed by atoms with Gasteiger partial charge in [-0.2, -0.15) is 5.10 Å². The van der Waals surface area contributed by atoms with Crippen LogP contribution in [0.2, 0.25) is 0 Å². The second kappa shape index (κ2) is 3.76. The molecule has 2 aromatic rings. The highest BCUT2D eigenvalue weighted by molar-refractivity contribution is 9.10. The minimum absolute atomic E-state index is 0.225. The van der Waals surface area contributed by atoms with Gasteiger partial charge in [0.25, 0.3) is 0 Å². The highest BCUT2D eigenvalue weighted by atomic mass is 79.9. The Balaban J connectivity index is 2.41. The maximum absolute atomic E-state index is 6.05. The van der Waals surface area contributed by atoms with E-state index in [1.807, 2.05) is 7.05 Å². The lowest BCUT2D eigenvalue weighted by Gasteiger charge is -2.09. The Morgan fingerprint density at radius 2 is 2.36 bits per heavy atom. The summed E-state index contributed by atoms with van der Waals surface area (Å²) in [5, 5.41) is 7.86. The van der Waals surface area contributed by atoms with Gasteiger partial charge in [0.1, 0.15) is 0 Å². The summed E-state index contributed by atoms with van der Waals surface area (Å²) in [6.07, 6.45) is 3.40. The molecule has 0 aliphatic carbocycles. The van der Waals surface area contributed by atoms with Crippen molar-refractivity contribution in [1.29, 1.82) is 0 Å². The Morgan fingerprint density at radius 1 is 1.57 bits per heavy atom. The molecule has 74 valence electrons. The molecule has 2 heterocycles. The van der Waals surface area contributed by atoms with E-state index in [1.165, 1.54) is 11.5 Å². The third kappa shape index (κ3) is 1.58. The summed E-state index contributed by atoms with van der Waals surface area (Å²) in [6, 6.07) is -0.225. The third-order valence-electron chi connectivity index (χ3n) is 1.92. The normalized spacial score (nSPS) is 13.1. The van der Waals surface area contributed by atoms with Crippen molar-refractivity contribution in [3.8, 4) is 0 Å². The molecule has 0 bridgehead atoms. The summed E-state index contributed by atoms with van der Waals surface area (Å²) >= 11 is 4.70. The van der Waals surface area contributed by atoms with E-state index in [1.54, 1.807) is 17.1 Å². The molecular weight excluding hydrogens is 266 g/mol. The van der Waals surface area contributed by atoms with Gasteiger partial charge in [0.15, 0.2) is 0 Å². The largest absolute Gasteiger partial charge is 0.318 e. The van der Waals surface area contributed by atoms with Crippen molar-refractivity contribution in [3.05, 3.63) is 27.4 Å². The molecule has 1 unspecified atom stereocenters. The number of nitrogens with two attached hydrogens (primary N) is 1. The molecule has 2 rings (SSSR count). The van der Waals surface area contributed by atoms with Gasteiger partial charge in [-0.25, -0.2) is 0 Å². The standard InChI is InChI=1S/C7H8BrN5S/c1-13-7(4(8)2-11-13)6(9)5-3-10-12-14-5/h2-3,6H,9H2,1H3. The average Bonchev–Trinajstić information content (AvgIpc) is 2.75. The van der Waals surface area contributed by atoms with Gasteiger partial charge >= 0.3 is 0 Å². The molecule has 0 saturated heterocycles. The van der Waals surface area contributed by atoms with E-state index in [0.29, 0.717) is 0 Å². The SMILES string of the molecule is Cn1ncc(Br)c1C(N)c1cnns1. The zero-order valence-electron chi connectivity index (χ0n) is 7.38. The molecule has 0 aromatic carbocycles. The zero-order valence-corrected chi connectivity index (χ0v) is 9.79. The number of halogens is 1. The van der Waals surface area contributed by atoms with Gasteiger partial charge in [-0.3, -0.25) is 4.68 Å². The first kappa shape index (κ1) is 9.75. The number of hydrogen-bond acceptors (Lipinski definition) is 5. The Labute approximate surface area is 93.2 Å². The minimum Gasteiger partial charge on any atom is -0.318 e. The fraction of sp³-hybridized carbons (Fsp3) is 0.286. The van der Waals surface area contributed by atoms with Crippen LogP contribution in [0.4, 0.5) is 0 Å². The van der Waals surface area contributed by atoms with Gasteiger partial charge in [0.2, 0.25) is 0 Å². The van der Waals surface area contributed by atoms with Gasteiger partial charge < -0.3 is 5.73 Å². The highest BCUT2D eigenvalue weighted by Crippen LogP contribution is 2.26. The maximum Gasteiger partial charge on any atom is 0.0860 e. The van der Waals surface area contributed by atoms with Crippen molar-refractivity contribution in [3.63, 3.8) is 0 Å². The molecule has 0 radical (unpaired) electrons. The third-order valence-corrected chi connectivity index (χ3v) is 3.27. The first-order valence-electron chi connectivity index (χ1n) is 3.90. The van der Waals surface area contributed by atoms with E-state index in [-0.39, 0.29) is 6.04 Å². The molecule has 5 nitrogen and oxygen atoms in total. The molecule has 2 aromatic heterocycles. The second-order valence-electron chi connectivity index (χ2n) is 2.80. The molecule has 0 spiro atoms. The van der Waals surface area contributed by atoms with E-state index in [4.69, 9.17) is 5.73 Å². The lowest BCUT2D eigenvalue weighted by molar-refractivity contribution is 0.675. The van der Waals surface area contributed by atoms with Gasteiger partial charge in [-0.05, 0) is 27.5 Å². The van der Waals surface area contributed by atoms with Gasteiger partial charge in [-0.15, -0.1) is 5.10 Å². The first-order chi connectivity index (χ1) is 6.70. The van der Waals surface area contributed by atoms with Crippen LogP contribution in [0.15, 0.2) is 16.9 Å². The van der Waals surface area contributed by atoms with Crippen molar-refractivity contribution >= 4 is 27.5 Å². The summed E-state index contributed by atoms with van der Waals surface area (Å²) in [5.41, 5.74) is 6.97. The van der Waals surface area contributed by atoms with E-state index in [0.717, 1.165) is 15.0 Å². The predicted molar refractivity (Wildman–Crippen MR) is 56.8 cm³/mol. The molecule has 0 fully saturated rings. The fourth-order valence-corrected chi connectivity index (χ4v) is 2.32. The first-order valence-corrected chi connectivity index (χ1v) is 5.47. The molecular formula is C7H8BrN5S. The molecule has 0 amide bonds. The molecule has 0 aliphatic heterocycles. The van der Waals surface area contributed by atoms with Crippen molar-refractivity contribution < 1.29 is 0 Å². The number of hydrogen-bond donors (Lipinski definition) is 1. The van der Waals surface area contributed by atoms with Crippen molar-refractivity contribution in [2.24, 2.45) is 12.8 Å². The second-order valence-corrected chi connectivity index (χ2v) is 4.47. The van der Waals surface area contributed by atoms with Crippen molar-refractivity contribution in [2.75, 3.05) is 0 Å². The minimum atomic E-state index is -0.225. The number of rotatable bonds is 2. The van der Waals surface area contributed by atoms with E-state index >= 15 is 0 Å². The Morgan fingerprint density at radius 3 is 2.86 bits per heavy atom. The summed E-state index contributed by atoms with van der Waals surface area (Å²) in [7, 11) is 1.86. The van der Waals surface area contributed by atoms with Crippen LogP contribution in [0.5, 0.6) is 0 Å². The maximum atomic E-state index is 6.05. The topological polar surface area (TPSA) is 69.6 Å². The molecule has 0 aliphatic rings. The molecule has 0 saturated carbocycles. The van der Waals surface area contributed by atoms with Gasteiger partial charge in [0.05, 0.1) is 33.5 Å². The zero-order chi connectivity index (χ0) is 10.1. The average molecular weight is 274 g/mol. The summed E-state index contributed by atoms with van der Waals surface area (Å²) < 4.78 is 6.43. The van der Waals surface area contributed by atoms with Crippen molar-refractivity contribution in [2.45, 2.75) is 6.04 Å². The quantitative estimate of drug-likeness (QED) is 0.889. The lowest BCUT2D eigenvalue weighted by Crippen LogP contribution is -2.15. The lowest BCUT2D eigenvalue weighted by atomic mass is 10.2. The number of aryl methyl sites for hydroxylation is 1. The summed E-state index contributed by atoms with van der Waals surface area (Å²) in [6.45, 7) is 0. The molecule has 2 N–H and O–H groups in total. The van der Waals surface area contributed by atoms with Crippen LogP contribution in [-0.2, 0) is 7.05 Å². The van der Waals surface area contributed by atoms with Crippen molar-refractivity contribution in [1.82, 2.24) is 19.4 Å². The smallest absolute Gasteiger partial charge is 0.0860 e. The van der Waals surface area contributed by atoms with Crippen LogP contribution in [0.25, 0.3) is 0 Å². The molecule has 7 heteroatoms. The highest BCUT2D eigenvalue weighted by Gasteiger charge is 2.18. The molecule has 14 heavy (non-hydrogen) atoms. The van der Waals surface area contributed by atoms with Crippen LogP contribution in [-0.4, -0.2) is 19.4 Å². The predicted octanol–water partition coefficient (Wildman–Crippen LogP) is 1.08. The van der Waals surface area contributed by atoms with Crippen LogP contribution in [0, 0.1) is 0 Å². The van der Waals surface area contributed by atoms with E-state index in [2.05, 4.69) is 30.6 Å². The fourth-order valence-electron chi connectivity index (χ4n) is 1.22.